The van der Waals surface area contributed by atoms with Crippen LogP contribution in [0.4, 0.5) is 5.82 Å². The van der Waals surface area contributed by atoms with Gasteiger partial charge in [-0.3, -0.25) is 9.30 Å². The van der Waals surface area contributed by atoms with E-state index >= 15 is 0 Å². The lowest BCUT2D eigenvalue weighted by Crippen LogP contribution is -2.47. The van der Waals surface area contributed by atoms with Crippen molar-refractivity contribution in [1.29, 1.82) is 0 Å². The van der Waals surface area contributed by atoms with Gasteiger partial charge in [-0.25, -0.2) is 4.98 Å². The fourth-order valence-corrected chi connectivity index (χ4v) is 3.36. The zero-order valence-electron chi connectivity index (χ0n) is 14.5. The van der Waals surface area contributed by atoms with Crippen LogP contribution in [0, 0.1) is 5.92 Å². The predicted octanol–water partition coefficient (Wildman–Crippen LogP) is 3.05. The Morgan fingerprint density at radius 2 is 1.79 bits per heavy atom. The second kappa shape index (κ2) is 6.40. The lowest BCUT2D eigenvalue weighted by atomic mass is 10.1. The van der Waals surface area contributed by atoms with Crippen molar-refractivity contribution in [2.75, 3.05) is 37.6 Å². The number of para-hydroxylation sites is 2. The van der Waals surface area contributed by atoms with Gasteiger partial charge in [0.1, 0.15) is 5.82 Å². The van der Waals surface area contributed by atoms with E-state index in [0.29, 0.717) is 0 Å². The van der Waals surface area contributed by atoms with Crippen molar-refractivity contribution in [1.82, 2.24) is 19.3 Å². The Morgan fingerprint density at radius 3 is 2.58 bits per heavy atom. The van der Waals surface area contributed by atoms with E-state index in [1.165, 1.54) is 13.0 Å². The third kappa shape index (κ3) is 2.96. The molecule has 0 bridgehead atoms. The van der Waals surface area contributed by atoms with Gasteiger partial charge in [0.25, 0.3) is 0 Å². The molecule has 0 saturated carbocycles. The summed E-state index contributed by atoms with van der Waals surface area (Å²) in [4.78, 5) is 14.4. The molecular weight excluding hydrogens is 298 g/mol. The number of fused-ring (bicyclic) bond motifs is 3. The van der Waals surface area contributed by atoms with Gasteiger partial charge in [-0.2, -0.15) is 4.98 Å². The quantitative estimate of drug-likeness (QED) is 0.739. The van der Waals surface area contributed by atoms with Crippen LogP contribution in [-0.2, 0) is 0 Å². The van der Waals surface area contributed by atoms with Crippen LogP contribution in [0.1, 0.15) is 20.3 Å². The van der Waals surface area contributed by atoms with E-state index in [4.69, 9.17) is 4.98 Å². The Balaban J connectivity index is 1.50. The number of rotatable bonds is 4. The van der Waals surface area contributed by atoms with Crippen LogP contribution in [0.5, 0.6) is 0 Å². The third-order valence-electron chi connectivity index (χ3n) is 4.88. The Labute approximate surface area is 142 Å². The van der Waals surface area contributed by atoms with Gasteiger partial charge in [0.15, 0.2) is 0 Å². The maximum Gasteiger partial charge on any atom is 0.236 e. The zero-order valence-corrected chi connectivity index (χ0v) is 14.5. The van der Waals surface area contributed by atoms with Crippen molar-refractivity contribution in [2.45, 2.75) is 20.3 Å². The lowest BCUT2D eigenvalue weighted by molar-refractivity contribution is 0.243. The molecule has 126 valence electrons. The topological polar surface area (TPSA) is 36.7 Å². The van der Waals surface area contributed by atoms with E-state index in [-0.39, 0.29) is 0 Å². The van der Waals surface area contributed by atoms with Crippen molar-refractivity contribution >= 4 is 22.6 Å². The highest BCUT2D eigenvalue weighted by molar-refractivity contribution is 5.79. The molecule has 0 atom stereocenters. The summed E-state index contributed by atoms with van der Waals surface area (Å²) in [5.74, 6) is 2.61. The molecule has 3 heterocycles. The van der Waals surface area contributed by atoms with Gasteiger partial charge in [-0.05, 0) is 37.1 Å². The molecule has 1 aromatic carbocycles. The summed E-state index contributed by atoms with van der Waals surface area (Å²) in [6.45, 7) is 10.1. The number of piperazine rings is 1. The first kappa shape index (κ1) is 15.4. The van der Waals surface area contributed by atoms with Gasteiger partial charge in [-0.1, -0.05) is 26.0 Å². The van der Waals surface area contributed by atoms with Crippen LogP contribution in [-0.4, -0.2) is 52.0 Å². The molecule has 5 nitrogen and oxygen atoms in total. The molecular formula is C19H25N5. The number of anilines is 1. The third-order valence-corrected chi connectivity index (χ3v) is 4.88. The molecule has 4 rings (SSSR count). The SMILES string of the molecule is CC(C)CCN1CCN(c2ccn3c(n2)nc2ccccc23)CC1. The second-order valence-electron chi connectivity index (χ2n) is 7.07. The van der Waals surface area contributed by atoms with Crippen molar-refractivity contribution in [3.8, 4) is 0 Å². The standard InChI is InChI=1S/C19H25N5/c1-15(2)7-9-22-11-13-23(14-12-22)18-8-10-24-17-6-4-3-5-16(17)20-19(24)21-18/h3-6,8,10,15H,7,9,11-14H2,1-2H3. The van der Waals surface area contributed by atoms with Gasteiger partial charge < -0.3 is 4.90 Å². The predicted molar refractivity (Wildman–Crippen MR) is 98.6 cm³/mol. The number of hydrogen-bond donors (Lipinski definition) is 0. The molecule has 0 unspecified atom stereocenters. The number of benzene rings is 1. The van der Waals surface area contributed by atoms with Crippen LogP contribution in [0.3, 0.4) is 0 Å². The highest BCUT2D eigenvalue weighted by Gasteiger charge is 2.18. The molecule has 0 amide bonds. The number of nitrogens with zero attached hydrogens (tertiary/aromatic N) is 5. The molecule has 3 aromatic rings. The van der Waals surface area contributed by atoms with Crippen molar-refractivity contribution < 1.29 is 0 Å². The molecule has 5 heteroatoms. The molecule has 1 aliphatic heterocycles. The average molecular weight is 323 g/mol. The smallest absolute Gasteiger partial charge is 0.236 e. The van der Waals surface area contributed by atoms with Crippen molar-refractivity contribution in [3.63, 3.8) is 0 Å². The minimum Gasteiger partial charge on any atom is -0.354 e. The van der Waals surface area contributed by atoms with Gasteiger partial charge in [-0.15, -0.1) is 0 Å². The summed E-state index contributed by atoms with van der Waals surface area (Å²) >= 11 is 0. The Hall–Kier alpha value is -2.14. The van der Waals surface area contributed by atoms with Gasteiger partial charge >= 0.3 is 0 Å². The summed E-state index contributed by atoms with van der Waals surface area (Å²) in [6, 6.07) is 10.3. The fraction of sp³-hybridized carbons (Fsp3) is 0.474. The molecule has 0 spiro atoms. The molecule has 0 aliphatic carbocycles. The first-order valence-corrected chi connectivity index (χ1v) is 8.92. The molecule has 0 radical (unpaired) electrons. The molecule has 24 heavy (non-hydrogen) atoms. The fourth-order valence-electron chi connectivity index (χ4n) is 3.36. The first-order chi connectivity index (χ1) is 11.7. The van der Waals surface area contributed by atoms with E-state index < -0.39 is 0 Å². The summed E-state index contributed by atoms with van der Waals surface area (Å²) in [6.07, 6.45) is 3.38. The highest BCUT2D eigenvalue weighted by atomic mass is 15.3. The Morgan fingerprint density at radius 1 is 1.00 bits per heavy atom. The molecule has 1 fully saturated rings. The van der Waals surface area contributed by atoms with Crippen LogP contribution in [0.2, 0.25) is 0 Å². The van der Waals surface area contributed by atoms with Crippen molar-refractivity contribution in [3.05, 3.63) is 36.5 Å². The number of hydrogen-bond acceptors (Lipinski definition) is 4. The molecule has 2 aromatic heterocycles. The van der Waals surface area contributed by atoms with Gasteiger partial charge in [0.05, 0.1) is 11.0 Å². The average Bonchev–Trinajstić information content (AvgIpc) is 2.98. The first-order valence-electron chi connectivity index (χ1n) is 8.92. The minimum absolute atomic E-state index is 0.779. The van der Waals surface area contributed by atoms with Crippen LogP contribution in [0.15, 0.2) is 36.5 Å². The van der Waals surface area contributed by atoms with Crippen LogP contribution < -0.4 is 4.90 Å². The lowest BCUT2D eigenvalue weighted by Gasteiger charge is -2.35. The molecule has 0 N–H and O–H groups in total. The molecule has 1 saturated heterocycles. The van der Waals surface area contributed by atoms with Gasteiger partial charge in [0.2, 0.25) is 5.78 Å². The minimum atomic E-state index is 0.779. The second-order valence-corrected chi connectivity index (χ2v) is 7.07. The Kier molecular flexibility index (Phi) is 4.10. The normalized spacial score (nSPS) is 16.5. The maximum atomic E-state index is 4.79. The van der Waals surface area contributed by atoms with Crippen molar-refractivity contribution in [2.24, 2.45) is 5.92 Å². The number of aromatic nitrogens is 3. The monoisotopic (exact) mass is 323 g/mol. The Bertz CT molecular complexity index is 830. The summed E-state index contributed by atoms with van der Waals surface area (Å²) in [7, 11) is 0. The maximum absolute atomic E-state index is 4.79. The van der Waals surface area contributed by atoms with E-state index in [1.807, 2.05) is 18.2 Å². The van der Waals surface area contributed by atoms with Crippen LogP contribution in [0.25, 0.3) is 16.8 Å². The summed E-state index contributed by atoms with van der Waals surface area (Å²) < 4.78 is 2.07. The van der Waals surface area contributed by atoms with E-state index in [9.17, 15) is 0 Å². The van der Waals surface area contributed by atoms with Gasteiger partial charge in [0, 0.05) is 32.4 Å². The van der Waals surface area contributed by atoms with E-state index in [2.05, 4.69) is 51.4 Å². The summed E-state index contributed by atoms with van der Waals surface area (Å²) in [5.41, 5.74) is 2.12. The highest BCUT2D eigenvalue weighted by Crippen LogP contribution is 2.19. The van der Waals surface area contributed by atoms with E-state index in [1.54, 1.807) is 0 Å². The zero-order chi connectivity index (χ0) is 16.5. The molecule has 1 aliphatic rings. The van der Waals surface area contributed by atoms with E-state index in [0.717, 1.165) is 54.7 Å². The number of imidazole rings is 1. The van der Waals surface area contributed by atoms with Crippen LogP contribution >= 0.6 is 0 Å². The summed E-state index contributed by atoms with van der Waals surface area (Å²) in [5, 5.41) is 0. The largest absolute Gasteiger partial charge is 0.354 e.